The number of amides is 1. The van der Waals surface area contributed by atoms with Crippen molar-refractivity contribution in [3.63, 3.8) is 0 Å². The summed E-state index contributed by atoms with van der Waals surface area (Å²) in [5.41, 5.74) is 3.38. The van der Waals surface area contributed by atoms with Gasteiger partial charge in [-0.3, -0.25) is 4.79 Å². The number of aromatic nitrogens is 2. The summed E-state index contributed by atoms with van der Waals surface area (Å²) in [6.07, 6.45) is 0.158. The Bertz CT molecular complexity index is 957. The Morgan fingerprint density at radius 2 is 2.15 bits per heavy atom. The third-order valence-corrected chi connectivity index (χ3v) is 5.03. The third-order valence-electron chi connectivity index (χ3n) is 4.17. The quantitative estimate of drug-likeness (QED) is 0.720. The minimum Gasteiger partial charge on any atom is -0.387 e. The van der Waals surface area contributed by atoms with Crippen molar-refractivity contribution >= 4 is 17.2 Å². The average molecular weight is 371 g/mol. The molecule has 1 amide bonds. The summed E-state index contributed by atoms with van der Waals surface area (Å²) in [6, 6.07) is 9.78. The predicted octanol–water partition coefficient (Wildman–Crippen LogP) is 3.45. The molecule has 7 heteroatoms. The van der Waals surface area contributed by atoms with Gasteiger partial charge in [0.15, 0.2) is 0 Å². The maximum Gasteiger partial charge on any atom is 0.437 e. The third kappa shape index (κ3) is 4.11. The molecule has 1 N–H and O–H groups in total. The van der Waals surface area contributed by atoms with E-state index >= 15 is 0 Å². The molecular weight excluding hydrogens is 350 g/mol. The largest absolute Gasteiger partial charge is 0.437 e. The summed E-state index contributed by atoms with van der Waals surface area (Å²) in [6.45, 7) is 6.19. The number of thiophene rings is 1. The Balaban J connectivity index is 1.61. The van der Waals surface area contributed by atoms with Gasteiger partial charge in [0.1, 0.15) is 0 Å². The number of nitrogens with zero attached hydrogens (tertiary/aromatic N) is 2. The van der Waals surface area contributed by atoms with E-state index < -0.39 is 5.76 Å². The molecule has 26 heavy (non-hydrogen) atoms. The van der Waals surface area contributed by atoms with Crippen molar-refractivity contribution < 1.29 is 9.21 Å². The molecule has 2 heterocycles. The van der Waals surface area contributed by atoms with Gasteiger partial charge in [-0.2, -0.15) is 4.68 Å². The Kier molecular flexibility index (Phi) is 5.37. The number of rotatable bonds is 6. The molecule has 0 spiro atoms. The lowest BCUT2D eigenvalue weighted by Crippen LogP contribution is -2.29. The van der Waals surface area contributed by atoms with E-state index in [2.05, 4.69) is 22.5 Å². The van der Waals surface area contributed by atoms with Crippen LogP contribution in [0.3, 0.4) is 0 Å². The van der Waals surface area contributed by atoms with Crippen molar-refractivity contribution in [2.24, 2.45) is 0 Å². The summed E-state index contributed by atoms with van der Waals surface area (Å²) < 4.78 is 6.34. The minimum absolute atomic E-state index is 0.0990. The molecule has 3 aromatic rings. The fraction of sp³-hybridized carbons (Fsp3) is 0.316. The van der Waals surface area contributed by atoms with Gasteiger partial charge in [-0.1, -0.05) is 29.8 Å². The monoisotopic (exact) mass is 371 g/mol. The summed E-state index contributed by atoms with van der Waals surface area (Å²) >= 11 is 1.44. The number of hydrogen-bond donors (Lipinski definition) is 1. The number of carbonyl (C=O) groups is 1. The zero-order valence-corrected chi connectivity index (χ0v) is 15.8. The highest BCUT2D eigenvalue weighted by Crippen LogP contribution is 2.21. The van der Waals surface area contributed by atoms with E-state index in [9.17, 15) is 9.59 Å². The second-order valence-electron chi connectivity index (χ2n) is 6.27. The maximum absolute atomic E-state index is 12.3. The average Bonchev–Trinajstić information content (AvgIpc) is 3.24. The molecular formula is C19H21N3O3S. The van der Waals surface area contributed by atoms with Crippen molar-refractivity contribution in [2.45, 2.75) is 39.8 Å². The van der Waals surface area contributed by atoms with Crippen LogP contribution in [0.15, 0.2) is 44.9 Å². The number of hydrogen-bond acceptors (Lipinski definition) is 5. The van der Waals surface area contributed by atoms with Gasteiger partial charge in [-0.05, 0) is 43.3 Å². The van der Waals surface area contributed by atoms with Gasteiger partial charge in [0.25, 0.3) is 5.89 Å². The summed E-state index contributed by atoms with van der Waals surface area (Å²) in [4.78, 5) is 24.9. The second-order valence-corrected chi connectivity index (χ2v) is 7.22. The maximum atomic E-state index is 12.3. The van der Waals surface area contributed by atoms with Gasteiger partial charge >= 0.3 is 5.76 Å². The van der Waals surface area contributed by atoms with Crippen molar-refractivity contribution in [1.82, 2.24) is 15.1 Å². The molecule has 0 unspecified atom stereocenters. The van der Waals surface area contributed by atoms with E-state index in [1.54, 1.807) is 0 Å². The summed E-state index contributed by atoms with van der Waals surface area (Å²) in [5, 5.41) is 9.02. The Hall–Kier alpha value is -2.67. The van der Waals surface area contributed by atoms with E-state index in [0.717, 1.165) is 21.6 Å². The zero-order valence-electron chi connectivity index (χ0n) is 15.0. The lowest BCUT2D eigenvalue weighted by molar-refractivity contribution is -0.122. The van der Waals surface area contributed by atoms with Gasteiger partial charge in [0, 0.05) is 6.42 Å². The Morgan fingerprint density at radius 1 is 1.35 bits per heavy atom. The first-order chi connectivity index (χ1) is 12.4. The van der Waals surface area contributed by atoms with Crippen LogP contribution in [-0.2, 0) is 11.3 Å². The standard InChI is InChI=1S/C19H21N3O3S/c1-12-6-7-13(2)15(11-12)14(3)20-17(23)8-9-22-19(24)25-18(21-22)16-5-4-10-26-16/h4-7,10-11,14H,8-9H2,1-3H3,(H,20,23)/t14-/m0/s1. The molecule has 0 radical (unpaired) electrons. The molecule has 3 rings (SSSR count). The van der Waals surface area contributed by atoms with E-state index in [-0.39, 0.29) is 30.8 Å². The zero-order chi connectivity index (χ0) is 18.7. The highest BCUT2D eigenvalue weighted by molar-refractivity contribution is 7.13. The molecule has 2 aromatic heterocycles. The number of aryl methyl sites for hydroxylation is 3. The van der Waals surface area contributed by atoms with E-state index in [4.69, 9.17) is 4.42 Å². The molecule has 0 bridgehead atoms. The first-order valence-corrected chi connectivity index (χ1v) is 9.30. The van der Waals surface area contributed by atoms with Crippen LogP contribution < -0.4 is 11.1 Å². The van der Waals surface area contributed by atoms with Crippen LogP contribution in [0.25, 0.3) is 10.8 Å². The van der Waals surface area contributed by atoms with Crippen molar-refractivity contribution in [1.29, 1.82) is 0 Å². The van der Waals surface area contributed by atoms with Gasteiger partial charge in [-0.15, -0.1) is 16.4 Å². The van der Waals surface area contributed by atoms with E-state index in [1.165, 1.54) is 16.0 Å². The molecule has 1 atom stereocenters. The molecule has 0 saturated carbocycles. The summed E-state index contributed by atoms with van der Waals surface area (Å²) in [5.74, 6) is -0.399. The van der Waals surface area contributed by atoms with Gasteiger partial charge in [0.2, 0.25) is 5.91 Å². The van der Waals surface area contributed by atoms with Crippen LogP contribution in [0, 0.1) is 13.8 Å². The smallest absolute Gasteiger partial charge is 0.387 e. The van der Waals surface area contributed by atoms with Crippen molar-refractivity contribution in [2.75, 3.05) is 0 Å². The first-order valence-electron chi connectivity index (χ1n) is 8.42. The fourth-order valence-electron chi connectivity index (χ4n) is 2.77. The molecule has 6 nitrogen and oxygen atoms in total. The minimum atomic E-state index is -0.552. The molecule has 0 fully saturated rings. The number of nitrogens with one attached hydrogen (secondary N) is 1. The first kappa shape index (κ1) is 18.1. The molecule has 0 aliphatic rings. The van der Waals surface area contributed by atoms with Gasteiger partial charge < -0.3 is 9.73 Å². The lowest BCUT2D eigenvalue weighted by Gasteiger charge is -2.17. The molecule has 0 aliphatic carbocycles. The topological polar surface area (TPSA) is 77.1 Å². The normalized spacial score (nSPS) is 12.1. The van der Waals surface area contributed by atoms with Crippen LogP contribution >= 0.6 is 11.3 Å². The Morgan fingerprint density at radius 3 is 2.88 bits per heavy atom. The number of benzene rings is 1. The summed E-state index contributed by atoms with van der Waals surface area (Å²) in [7, 11) is 0. The van der Waals surface area contributed by atoms with Crippen LogP contribution in [0.4, 0.5) is 0 Å². The van der Waals surface area contributed by atoms with Crippen molar-refractivity contribution in [3.8, 4) is 10.8 Å². The van der Waals surface area contributed by atoms with E-state index in [1.807, 2.05) is 44.4 Å². The molecule has 0 saturated heterocycles. The number of carbonyl (C=O) groups excluding carboxylic acids is 1. The second kappa shape index (κ2) is 7.70. The van der Waals surface area contributed by atoms with Crippen LogP contribution in [-0.4, -0.2) is 15.7 Å². The van der Waals surface area contributed by atoms with Crippen molar-refractivity contribution in [3.05, 3.63) is 63.0 Å². The lowest BCUT2D eigenvalue weighted by atomic mass is 10.00. The van der Waals surface area contributed by atoms with Crippen LogP contribution in [0.1, 0.15) is 36.1 Å². The molecule has 1 aromatic carbocycles. The van der Waals surface area contributed by atoms with Crippen LogP contribution in [0.2, 0.25) is 0 Å². The predicted molar refractivity (Wildman–Crippen MR) is 101 cm³/mol. The van der Waals surface area contributed by atoms with Gasteiger partial charge in [0.05, 0.1) is 17.5 Å². The molecule has 0 aliphatic heterocycles. The fourth-order valence-corrected chi connectivity index (χ4v) is 3.42. The SMILES string of the molecule is Cc1ccc(C)c([C@H](C)NC(=O)CCn2nc(-c3cccs3)oc2=O)c1. The molecule has 136 valence electrons. The van der Waals surface area contributed by atoms with Crippen LogP contribution in [0.5, 0.6) is 0 Å². The Labute approximate surface area is 155 Å². The van der Waals surface area contributed by atoms with Gasteiger partial charge in [-0.25, -0.2) is 4.79 Å². The van der Waals surface area contributed by atoms with E-state index in [0.29, 0.717) is 0 Å². The highest BCUT2D eigenvalue weighted by Gasteiger charge is 2.15. The highest BCUT2D eigenvalue weighted by atomic mass is 32.1.